The molecule has 1 fully saturated rings. The molecule has 1 aliphatic heterocycles. The lowest BCUT2D eigenvalue weighted by Crippen LogP contribution is -3.14. The number of morpholine rings is 1. The van der Waals surface area contributed by atoms with Crippen LogP contribution >= 0.6 is 23.1 Å². The molecule has 34 heavy (non-hydrogen) atoms. The lowest BCUT2D eigenvalue weighted by Gasteiger charge is -2.25. The van der Waals surface area contributed by atoms with E-state index in [4.69, 9.17) is 24.9 Å². The zero-order valence-corrected chi connectivity index (χ0v) is 22.4. The fourth-order valence-electron chi connectivity index (χ4n) is 5.26. The van der Waals surface area contributed by atoms with Crippen molar-refractivity contribution >= 4 is 33.3 Å². The Kier molecular flexibility index (Phi) is 7.50. The number of thiophene rings is 1. The minimum atomic E-state index is 0.322. The Morgan fingerprint density at radius 3 is 2.71 bits per heavy atom. The van der Waals surface area contributed by atoms with E-state index in [0.717, 1.165) is 78.9 Å². The van der Waals surface area contributed by atoms with Crippen LogP contribution in [0.5, 0.6) is 0 Å². The van der Waals surface area contributed by atoms with E-state index >= 15 is 0 Å². The summed E-state index contributed by atoms with van der Waals surface area (Å²) in [7, 11) is 4.42. The van der Waals surface area contributed by atoms with Gasteiger partial charge < -0.3 is 14.5 Å². The van der Waals surface area contributed by atoms with Gasteiger partial charge in [-0.1, -0.05) is 6.92 Å². The highest BCUT2D eigenvalue weighted by atomic mass is 32.2. The lowest BCUT2D eigenvalue weighted by molar-refractivity contribution is -0.908. The van der Waals surface area contributed by atoms with Crippen molar-refractivity contribution in [1.82, 2.24) is 24.7 Å². The predicted octanol–water partition coefficient (Wildman–Crippen LogP) is 1.13. The van der Waals surface area contributed by atoms with Gasteiger partial charge in [0.25, 0.3) is 0 Å². The Labute approximate surface area is 210 Å². The Balaban J connectivity index is 1.51. The van der Waals surface area contributed by atoms with E-state index < -0.39 is 0 Å². The molecule has 0 bridgehead atoms. The number of aryl methyl sites for hydroxylation is 3. The summed E-state index contributed by atoms with van der Waals surface area (Å²) in [5, 5.41) is 12.7. The zero-order valence-electron chi connectivity index (χ0n) is 20.8. The number of rotatable bonds is 8. The maximum Gasteiger partial charge on any atom is 0.197 e. The molecule has 2 N–H and O–H groups in total. The number of fused-ring (bicyclic) bond motifs is 3. The minimum Gasteiger partial charge on any atom is -0.370 e. The molecule has 2 aliphatic rings. The number of aromatic nitrogens is 5. The molecule has 0 unspecified atom stereocenters. The summed E-state index contributed by atoms with van der Waals surface area (Å²) in [4.78, 5) is 15.4. The van der Waals surface area contributed by atoms with E-state index in [-0.39, 0.29) is 0 Å². The second-order valence-electron chi connectivity index (χ2n) is 9.71. The number of nitrogens with one attached hydrogen (secondary N) is 2. The SMILES string of the molecule is CC[C@H](c1nnc(Sc2nc(C)nc3sc4c(c23)CCCC4)n1CC[NH+]1CCOCC1)[NH+](C)C. The highest BCUT2D eigenvalue weighted by Gasteiger charge is 2.28. The first-order chi connectivity index (χ1) is 16.5. The molecule has 5 rings (SSSR count). The van der Waals surface area contributed by atoms with Gasteiger partial charge in [-0.05, 0) is 49.9 Å². The van der Waals surface area contributed by atoms with Gasteiger partial charge in [-0.25, -0.2) is 9.97 Å². The molecule has 1 atom stereocenters. The Morgan fingerprint density at radius 1 is 1.15 bits per heavy atom. The van der Waals surface area contributed by atoms with Crippen LogP contribution in [-0.4, -0.2) is 71.7 Å². The van der Waals surface area contributed by atoms with Gasteiger partial charge in [-0.15, -0.1) is 21.5 Å². The average Bonchev–Trinajstić information content (AvgIpc) is 3.39. The molecule has 0 radical (unpaired) electrons. The van der Waals surface area contributed by atoms with Crippen molar-refractivity contribution in [2.75, 3.05) is 46.9 Å². The molecule has 1 saturated heterocycles. The smallest absolute Gasteiger partial charge is 0.197 e. The molecular weight excluding hydrogens is 466 g/mol. The number of ether oxygens (including phenoxy) is 1. The molecule has 8 nitrogen and oxygen atoms in total. The second kappa shape index (κ2) is 10.6. The maximum atomic E-state index is 5.57. The van der Waals surface area contributed by atoms with Crippen molar-refractivity contribution in [3.63, 3.8) is 0 Å². The van der Waals surface area contributed by atoms with Gasteiger partial charge in [-0.3, -0.25) is 4.57 Å². The van der Waals surface area contributed by atoms with Crippen LogP contribution in [0, 0.1) is 6.92 Å². The van der Waals surface area contributed by atoms with E-state index in [9.17, 15) is 0 Å². The maximum absolute atomic E-state index is 5.57. The van der Waals surface area contributed by atoms with Crippen LogP contribution in [-0.2, 0) is 24.1 Å². The number of hydrogen-bond acceptors (Lipinski definition) is 7. The van der Waals surface area contributed by atoms with Crippen LogP contribution in [0.25, 0.3) is 10.2 Å². The molecule has 3 aromatic heterocycles. The summed E-state index contributed by atoms with van der Waals surface area (Å²) < 4.78 is 7.94. The van der Waals surface area contributed by atoms with E-state index in [1.165, 1.54) is 40.0 Å². The molecule has 10 heteroatoms. The van der Waals surface area contributed by atoms with E-state index in [1.807, 2.05) is 18.3 Å². The lowest BCUT2D eigenvalue weighted by atomic mass is 9.97. The van der Waals surface area contributed by atoms with Crippen LogP contribution in [0.15, 0.2) is 10.2 Å². The molecule has 0 saturated carbocycles. The van der Waals surface area contributed by atoms with Crippen LogP contribution in [0.1, 0.15) is 54.3 Å². The van der Waals surface area contributed by atoms with Crippen molar-refractivity contribution in [2.45, 2.75) is 68.7 Å². The monoisotopic (exact) mass is 503 g/mol. The molecular formula is C24H37N7OS2+2. The number of quaternary nitrogens is 2. The molecule has 184 valence electrons. The third kappa shape index (κ3) is 4.88. The molecule has 0 aromatic carbocycles. The van der Waals surface area contributed by atoms with E-state index in [1.54, 1.807) is 16.7 Å². The van der Waals surface area contributed by atoms with E-state index in [0.29, 0.717) is 6.04 Å². The molecule has 1 aliphatic carbocycles. The first-order valence-electron chi connectivity index (χ1n) is 12.7. The highest BCUT2D eigenvalue weighted by molar-refractivity contribution is 7.99. The highest BCUT2D eigenvalue weighted by Crippen LogP contribution is 2.41. The van der Waals surface area contributed by atoms with Gasteiger partial charge in [0.2, 0.25) is 0 Å². The summed E-state index contributed by atoms with van der Waals surface area (Å²) in [6.07, 6.45) is 5.87. The minimum absolute atomic E-state index is 0.322. The topological polar surface area (TPSA) is 74.6 Å². The largest absolute Gasteiger partial charge is 0.370 e. The molecule has 4 heterocycles. The van der Waals surface area contributed by atoms with Crippen molar-refractivity contribution in [3.05, 3.63) is 22.1 Å². The van der Waals surface area contributed by atoms with Crippen molar-refractivity contribution in [1.29, 1.82) is 0 Å². The standard InChI is InChI=1S/C24H35N7OS2/c1-5-18(29(3)4)21-27-28-24(31(21)11-10-30-12-14-32-15-13-30)34-23-20-17-8-6-7-9-19(17)33-22(20)25-16(2)26-23/h18H,5-15H2,1-4H3/p+2/t18-/m1/s1. The van der Waals surface area contributed by atoms with Gasteiger partial charge >= 0.3 is 0 Å². The predicted molar refractivity (Wildman–Crippen MR) is 135 cm³/mol. The van der Waals surface area contributed by atoms with Gasteiger partial charge in [0.15, 0.2) is 11.0 Å². The van der Waals surface area contributed by atoms with Gasteiger partial charge in [-0.2, -0.15) is 0 Å². The second-order valence-corrected chi connectivity index (χ2v) is 11.8. The first kappa shape index (κ1) is 24.1. The van der Waals surface area contributed by atoms with Gasteiger partial charge in [0.05, 0.1) is 40.4 Å². The zero-order chi connectivity index (χ0) is 23.7. The summed E-state index contributed by atoms with van der Waals surface area (Å²) in [6, 6.07) is 0.322. The summed E-state index contributed by atoms with van der Waals surface area (Å²) in [5.41, 5.74) is 1.47. The summed E-state index contributed by atoms with van der Waals surface area (Å²) in [6.45, 7) is 10.1. The fourth-order valence-corrected chi connectivity index (χ4v) is 7.68. The average molecular weight is 504 g/mol. The third-order valence-electron chi connectivity index (χ3n) is 7.13. The molecule has 0 amide bonds. The molecule has 0 spiro atoms. The summed E-state index contributed by atoms with van der Waals surface area (Å²) >= 11 is 3.55. The third-order valence-corrected chi connectivity index (χ3v) is 9.29. The van der Waals surface area contributed by atoms with Crippen LogP contribution in [0.4, 0.5) is 0 Å². The van der Waals surface area contributed by atoms with Crippen LogP contribution in [0.2, 0.25) is 0 Å². The van der Waals surface area contributed by atoms with E-state index in [2.05, 4.69) is 25.6 Å². The Bertz CT molecular complexity index is 1140. The van der Waals surface area contributed by atoms with Crippen molar-refractivity contribution < 1.29 is 14.5 Å². The Morgan fingerprint density at radius 2 is 1.94 bits per heavy atom. The van der Waals surface area contributed by atoms with Crippen molar-refractivity contribution in [3.8, 4) is 0 Å². The first-order valence-corrected chi connectivity index (χ1v) is 14.3. The van der Waals surface area contributed by atoms with Gasteiger partial charge in [0.1, 0.15) is 34.8 Å². The summed E-state index contributed by atoms with van der Waals surface area (Å²) in [5.74, 6) is 1.92. The van der Waals surface area contributed by atoms with Crippen molar-refractivity contribution in [2.24, 2.45) is 0 Å². The number of hydrogen-bond donors (Lipinski definition) is 2. The number of nitrogens with zero attached hydrogens (tertiary/aromatic N) is 5. The normalized spacial score (nSPS) is 18.0. The van der Waals surface area contributed by atoms with Gasteiger partial charge in [0, 0.05) is 16.7 Å². The Hall–Kier alpha value is -1.59. The quantitative estimate of drug-likeness (QED) is 0.449. The van der Waals surface area contributed by atoms with Crippen LogP contribution in [0.3, 0.4) is 0 Å². The van der Waals surface area contributed by atoms with Crippen LogP contribution < -0.4 is 9.80 Å². The molecule has 3 aromatic rings. The fraction of sp³-hybridized carbons (Fsp3) is 0.667.